The van der Waals surface area contributed by atoms with Gasteiger partial charge in [-0.15, -0.1) is 0 Å². The van der Waals surface area contributed by atoms with E-state index in [0.717, 1.165) is 43.9 Å². The number of hydrogen-bond acceptors (Lipinski definition) is 9. The number of pyridine rings is 1. The Hall–Kier alpha value is -4.20. The Kier molecular flexibility index (Phi) is 7.10. The molecule has 2 aliphatic rings. The average Bonchev–Trinajstić information content (AvgIpc) is 3.53. The van der Waals surface area contributed by atoms with E-state index in [9.17, 15) is 9.59 Å². The fourth-order valence-corrected chi connectivity index (χ4v) is 4.23. The summed E-state index contributed by atoms with van der Waals surface area (Å²) in [5.41, 5.74) is 3.24. The number of carbonyl (C=O) groups is 1. The van der Waals surface area contributed by atoms with Gasteiger partial charge in [-0.1, -0.05) is 0 Å². The van der Waals surface area contributed by atoms with Crippen LogP contribution in [0.15, 0.2) is 27.8 Å². The van der Waals surface area contributed by atoms with Crippen LogP contribution in [0.3, 0.4) is 0 Å². The maximum atomic E-state index is 11.9. The highest BCUT2D eigenvalue weighted by Gasteiger charge is 2.24. The summed E-state index contributed by atoms with van der Waals surface area (Å²) in [5.74, 6) is 1.26. The summed E-state index contributed by atoms with van der Waals surface area (Å²) < 4.78 is 10.3. The Morgan fingerprint density at radius 2 is 2.00 bits per heavy atom. The zero-order valence-electron chi connectivity index (χ0n) is 20.0. The van der Waals surface area contributed by atoms with Crippen molar-refractivity contribution in [1.82, 2.24) is 24.8 Å². The number of anilines is 1. The number of amides is 1. The molecular formula is C24H27N7O4. The molecule has 0 unspecified atom stereocenters. The standard InChI is InChI=1S/C14H13N5O2.C10H14N2O2/c1-21-14-9(5-15)4-10(6-16-14)19-3-2-12-11(7-19)13(20)18-8-17-12;1-7-9(14-8(2)11-7)10(13)12-5-3-4-6-12/h4,6,8H,2-3,7H2,1H3,(H,17,18,20);3-6H2,1-2H3. The van der Waals surface area contributed by atoms with Crippen LogP contribution in [0.1, 0.15) is 51.8 Å². The minimum atomic E-state index is -0.119. The molecule has 0 aliphatic carbocycles. The largest absolute Gasteiger partial charge is 0.480 e. The zero-order valence-corrected chi connectivity index (χ0v) is 20.0. The predicted molar refractivity (Wildman–Crippen MR) is 126 cm³/mol. The van der Waals surface area contributed by atoms with Gasteiger partial charge in [0.2, 0.25) is 11.6 Å². The van der Waals surface area contributed by atoms with Crippen LogP contribution >= 0.6 is 0 Å². The SMILES string of the molecule is COc1ncc(N2CCc3nc[nH]c(=O)c3C2)cc1C#N.Cc1nc(C)c(C(=O)N2CCCC2)o1. The first-order valence-corrected chi connectivity index (χ1v) is 11.4. The Balaban J connectivity index is 0.000000179. The third-order valence-corrected chi connectivity index (χ3v) is 6.01. The summed E-state index contributed by atoms with van der Waals surface area (Å²) in [5, 5.41) is 9.12. The third-order valence-electron chi connectivity index (χ3n) is 6.01. The average molecular weight is 478 g/mol. The van der Waals surface area contributed by atoms with Crippen LogP contribution in [0, 0.1) is 25.2 Å². The number of fused-ring (bicyclic) bond motifs is 1. The summed E-state index contributed by atoms with van der Waals surface area (Å²) in [6.07, 6.45) is 5.96. The van der Waals surface area contributed by atoms with Crippen molar-refractivity contribution in [2.24, 2.45) is 0 Å². The van der Waals surface area contributed by atoms with E-state index < -0.39 is 0 Å². The molecule has 3 aromatic rings. The van der Waals surface area contributed by atoms with E-state index >= 15 is 0 Å². The summed E-state index contributed by atoms with van der Waals surface area (Å²) in [7, 11) is 1.48. The number of nitrogens with one attached hydrogen (secondary N) is 1. The van der Waals surface area contributed by atoms with Gasteiger partial charge in [-0.2, -0.15) is 5.26 Å². The monoisotopic (exact) mass is 477 g/mol. The maximum Gasteiger partial charge on any atom is 0.291 e. The number of H-pyrrole nitrogens is 1. The lowest BCUT2D eigenvalue weighted by Crippen LogP contribution is -2.35. The van der Waals surface area contributed by atoms with Crippen molar-refractivity contribution in [3.05, 3.63) is 63.1 Å². The molecule has 5 heterocycles. The third kappa shape index (κ3) is 5.16. The van der Waals surface area contributed by atoms with E-state index in [1.807, 2.05) is 9.80 Å². The van der Waals surface area contributed by atoms with Crippen molar-refractivity contribution < 1.29 is 13.9 Å². The van der Waals surface area contributed by atoms with E-state index in [0.29, 0.717) is 47.3 Å². The van der Waals surface area contributed by atoms with Crippen molar-refractivity contribution in [1.29, 1.82) is 5.26 Å². The van der Waals surface area contributed by atoms with E-state index in [2.05, 4.69) is 26.0 Å². The zero-order chi connectivity index (χ0) is 24.9. The molecule has 0 aromatic carbocycles. The predicted octanol–water partition coefficient (Wildman–Crippen LogP) is 2.14. The number of methoxy groups -OCH3 is 1. The van der Waals surface area contributed by atoms with Gasteiger partial charge in [0.05, 0.1) is 48.8 Å². The van der Waals surface area contributed by atoms with Gasteiger partial charge < -0.3 is 23.9 Å². The number of ether oxygens (including phenoxy) is 1. The minimum Gasteiger partial charge on any atom is -0.480 e. The van der Waals surface area contributed by atoms with Crippen molar-refractivity contribution in [3.63, 3.8) is 0 Å². The number of nitrogens with zero attached hydrogens (tertiary/aromatic N) is 6. The van der Waals surface area contributed by atoms with Gasteiger partial charge in [-0.25, -0.2) is 15.0 Å². The van der Waals surface area contributed by atoms with Crippen LogP contribution in [0.25, 0.3) is 0 Å². The van der Waals surface area contributed by atoms with Gasteiger partial charge in [0, 0.05) is 33.0 Å². The lowest BCUT2D eigenvalue weighted by molar-refractivity contribution is 0.0759. The smallest absolute Gasteiger partial charge is 0.291 e. The number of aromatic amines is 1. The van der Waals surface area contributed by atoms with E-state index in [-0.39, 0.29) is 11.5 Å². The minimum absolute atomic E-state index is 0.0133. The number of carbonyl (C=O) groups excluding carboxylic acids is 1. The van der Waals surface area contributed by atoms with Gasteiger partial charge in [0.1, 0.15) is 11.6 Å². The molecule has 35 heavy (non-hydrogen) atoms. The van der Waals surface area contributed by atoms with Gasteiger partial charge in [-0.3, -0.25) is 9.59 Å². The molecule has 0 bridgehead atoms. The Morgan fingerprint density at radius 3 is 2.66 bits per heavy atom. The molecule has 2 aliphatic heterocycles. The first kappa shape index (κ1) is 23.9. The maximum absolute atomic E-state index is 11.9. The van der Waals surface area contributed by atoms with Crippen LogP contribution in [-0.4, -0.2) is 57.5 Å². The Labute approximate surface area is 202 Å². The van der Waals surface area contributed by atoms with E-state index in [1.54, 1.807) is 26.1 Å². The van der Waals surface area contributed by atoms with Crippen molar-refractivity contribution in [3.8, 4) is 11.9 Å². The van der Waals surface area contributed by atoms with Crippen LogP contribution in [-0.2, 0) is 13.0 Å². The molecule has 182 valence electrons. The molecule has 5 rings (SSSR count). The molecule has 11 heteroatoms. The van der Waals surface area contributed by atoms with Crippen molar-refractivity contribution in [2.75, 3.05) is 31.6 Å². The second-order valence-electron chi connectivity index (χ2n) is 8.34. The fraction of sp³-hybridized carbons (Fsp3) is 0.417. The molecule has 1 N–H and O–H groups in total. The molecule has 0 saturated carbocycles. The topological polar surface area (TPSA) is 141 Å². The molecule has 1 amide bonds. The molecule has 11 nitrogen and oxygen atoms in total. The summed E-state index contributed by atoms with van der Waals surface area (Å²) in [6.45, 7) is 6.43. The Bertz CT molecular complexity index is 1320. The number of aryl methyl sites for hydroxylation is 2. The van der Waals surface area contributed by atoms with Gasteiger partial charge >= 0.3 is 0 Å². The summed E-state index contributed by atoms with van der Waals surface area (Å²) in [6, 6.07) is 3.79. The van der Waals surface area contributed by atoms with Crippen LogP contribution in [0.4, 0.5) is 5.69 Å². The fourth-order valence-electron chi connectivity index (χ4n) is 4.23. The molecule has 3 aromatic heterocycles. The molecule has 0 spiro atoms. The molecule has 1 saturated heterocycles. The first-order chi connectivity index (χ1) is 16.9. The van der Waals surface area contributed by atoms with Gasteiger partial charge in [0.25, 0.3) is 11.5 Å². The molecule has 0 atom stereocenters. The van der Waals surface area contributed by atoms with Gasteiger partial charge in [-0.05, 0) is 25.8 Å². The molecule has 1 fully saturated rings. The highest BCUT2D eigenvalue weighted by atomic mass is 16.5. The van der Waals surface area contributed by atoms with Crippen LogP contribution < -0.4 is 15.2 Å². The van der Waals surface area contributed by atoms with Crippen molar-refractivity contribution >= 4 is 11.6 Å². The number of oxazole rings is 1. The second kappa shape index (κ2) is 10.4. The molecular weight excluding hydrogens is 450 g/mol. The van der Waals surface area contributed by atoms with E-state index in [1.165, 1.54) is 13.4 Å². The highest BCUT2D eigenvalue weighted by molar-refractivity contribution is 5.92. The number of aromatic nitrogens is 4. The van der Waals surface area contributed by atoms with Crippen molar-refractivity contribution in [2.45, 2.75) is 39.7 Å². The normalized spacial score (nSPS) is 14.6. The number of likely N-dealkylation sites (tertiary alicyclic amines) is 1. The number of nitriles is 1. The van der Waals surface area contributed by atoms with Crippen LogP contribution in [0.5, 0.6) is 5.88 Å². The van der Waals surface area contributed by atoms with Crippen LogP contribution in [0.2, 0.25) is 0 Å². The lowest BCUT2D eigenvalue weighted by atomic mass is 10.1. The first-order valence-electron chi connectivity index (χ1n) is 11.4. The highest BCUT2D eigenvalue weighted by Crippen LogP contribution is 2.25. The Morgan fingerprint density at radius 1 is 1.23 bits per heavy atom. The number of rotatable bonds is 3. The van der Waals surface area contributed by atoms with Gasteiger partial charge in [0.15, 0.2) is 5.89 Å². The quantitative estimate of drug-likeness (QED) is 0.600. The second-order valence-corrected chi connectivity index (χ2v) is 8.34. The molecule has 0 radical (unpaired) electrons. The number of hydrogen-bond donors (Lipinski definition) is 1. The van der Waals surface area contributed by atoms with E-state index in [4.69, 9.17) is 14.4 Å². The summed E-state index contributed by atoms with van der Waals surface area (Å²) in [4.78, 5) is 42.6. The lowest BCUT2D eigenvalue weighted by Gasteiger charge is -2.29. The summed E-state index contributed by atoms with van der Waals surface area (Å²) >= 11 is 0.